The Morgan fingerprint density at radius 2 is 2.03 bits per heavy atom. The molecule has 0 saturated carbocycles. The number of amides is 2. The van der Waals surface area contributed by atoms with E-state index < -0.39 is 5.92 Å². The van der Waals surface area contributed by atoms with Crippen LogP contribution in [0.4, 0.5) is 10.8 Å². The van der Waals surface area contributed by atoms with Crippen LogP contribution in [-0.4, -0.2) is 42.8 Å². The Hall–Kier alpha value is -2.68. The van der Waals surface area contributed by atoms with Crippen molar-refractivity contribution in [2.24, 2.45) is 11.3 Å². The monoisotopic (exact) mass is 418 g/mol. The van der Waals surface area contributed by atoms with Gasteiger partial charge < -0.3 is 19.7 Å². The lowest BCUT2D eigenvalue weighted by atomic mass is 9.93. The topological polar surface area (TPSA) is 93.6 Å². The van der Waals surface area contributed by atoms with Crippen LogP contribution in [-0.2, 0) is 16.0 Å². The highest BCUT2D eigenvalue weighted by atomic mass is 32.1. The number of nitrogens with zero attached hydrogens (tertiary/aromatic N) is 3. The predicted molar refractivity (Wildman–Crippen MR) is 112 cm³/mol. The minimum absolute atomic E-state index is 0.0939. The number of methoxy groups -OCH3 is 2. The second-order valence-electron chi connectivity index (χ2n) is 8.17. The molecule has 1 saturated heterocycles. The molecule has 9 heteroatoms. The van der Waals surface area contributed by atoms with E-state index >= 15 is 0 Å². The summed E-state index contributed by atoms with van der Waals surface area (Å²) in [5.41, 5.74) is 0.716. The summed E-state index contributed by atoms with van der Waals surface area (Å²) in [6.45, 7) is 6.65. The maximum absolute atomic E-state index is 12.7. The summed E-state index contributed by atoms with van der Waals surface area (Å²) in [7, 11) is 3.10. The quantitative estimate of drug-likeness (QED) is 0.775. The Balaban J connectivity index is 1.68. The van der Waals surface area contributed by atoms with Gasteiger partial charge in [-0.05, 0) is 17.5 Å². The molecule has 2 heterocycles. The molecule has 156 valence electrons. The van der Waals surface area contributed by atoms with Crippen LogP contribution >= 0.6 is 11.3 Å². The summed E-state index contributed by atoms with van der Waals surface area (Å²) in [6, 6.07) is 5.24. The fourth-order valence-electron chi connectivity index (χ4n) is 3.16. The number of anilines is 2. The smallest absolute Gasteiger partial charge is 0.231 e. The van der Waals surface area contributed by atoms with Gasteiger partial charge in [-0.2, -0.15) is 0 Å². The molecule has 1 N–H and O–H groups in total. The Bertz CT molecular complexity index is 906. The predicted octanol–water partition coefficient (Wildman–Crippen LogP) is 3.14. The van der Waals surface area contributed by atoms with Crippen molar-refractivity contribution in [2.75, 3.05) is 31.0 Å². The number of ether oxygens (including phenoxy) is 2. The Morgan fingerprint density at radius 3 is 2.69 bits per heavy atom. The zero-order valence-electron chi connectivity index (χ0n) is 17.3. The van der Waals surface area contributed by atoms with Crippen molar-refractivity contribution in [2.45, 2.75) is 33.6 Å². The van der Waals surface area contributed by atoms with Gasteiger partial charge in [0, 0.05) is 25.5 Å². The number of benzene rings is 1. The molecule has 0 spiro atoms. The molecule has 0 aliphatic carbocycles. The highest BCUT2D eigenvalue weighted by molar-refractivity contribution is 7.15. The van der Waals surface area contributed by atoms with Crippen LogP contribution in [0.2, 0.25) is 0 Å². The molecule has 1 aromatic carbocycles. The van der Waals surface area contributed by atoms with E-state index in [1.54, 1.807) is 30.2 Å². The molecule has 1 fully saturated rings. The molecule has 0 radical (unpaired) electrons. The van der Waals surface area contributed by atoms with Gasteiger partial charge in [-0.1, -0.05) is 32.1 Å². The minimum Gasteiger partial charge on any atom is -0.497 e. The number of rotatable bonds is 6. The average molecular weight is 419 g/mol. The van der Waals surface area contributed by atoms with Gasteiger partial charge >= 0.3 is 0 Å². The van der Waals surface area contributed by atoms with E-state index in [1.165, 1.54) is 18.4 Å². The molecule has 29 heavy (non-hydrogen) atoms. The molecular weight excluding hydrogens is 392 g/mol. The van der Waals surface area contributed by atoms with Crippen LogP contribution in [0.1, 0.15) is 32.2 Å². The summed E-state index contributed by atoms with van der Waals surface area (Å²) in [5.74, 6) is 0.332. The molecule has 1 aromatic heterocycles. The zero-order valence-corrected chi connectivity index (χ0v) is 18.1. The first-order valence-corrected chi connectivity index (χ1v) is 10.2. The lowest BCUT2D eigenvalue weighted by Gasteiger charge is -2.20. The van der Waals surface area contributed by atoms with Crippen LogP contribution in [0.5, 0.6) is 11.5 Å². The third kappa shape index (κ3) is 5.03. The number of carbonyl (C=O) groups excluding carboxylic acids is 2. The van der Waals surface area contributed by atoms with Crippen LogP contribution in [0.3, 0.4) is 0 Å². The van der Waals surface area contributed by atoms with Gasteiger partial charge in [-0.15, -0.1) is 10.2 Å². The summed E-state index contributed by atoms with van der Waals surface area (Å²) in [6.07, 6.45) is 0.919. The van der Waals surface area contributed by atoms with E-state index in [-0.39, 0.29) is 30.2 Å². The standard InChI is InChI=1S/C20H26N4O4S/c1-20(2,3)10-16-22-23-19(29-16)21-18(26)12-8-17(25)24(11-12)14-7-6-13(27-4)9-15(14)28-5/h6-7,9,12H,8,10-11H2,1-5H3,(H,21,23,26)/t12-/m0/s1. The van der Waals surface area contributed by atoms with Crippen LogP contribution in [0.25, 0.3) is 0 Å². The number of carbonyl (C=O) groups is 2. The fraction of sp³-hybridized carbons (Fsp3) is 0.500. The van der Waals surface area contributed by atoms with Crippen LogP contribution < -0.4 is 19.7 Å². The van der Waals surface area contributed by atoms with Crippen molar-refractivity contribution in [3.05, 3.63) is 23.2 Å². The molecule has 0 unspecified atom stereocenters. The fourth-order valence-corrected chi connectivity index (χ4v) is 4.20. The van der Waals surface area contributed by atoms with Crippen molar-refractivity contribution >= 4 is 34.0 Å². The van der Waals surface area contributed by atoms with E-state index in [1.807, 2.05) is 0 Å². The van der Waals surface area contributed by atoms with Gasteiger partial charge in [0.15, 0.2) is 0 Å². The van der Waals surface area contributed by atoms with Crippen LogP contribution in [0.15, 0.2) is 18.2 Å². The molecule has 1 atom stereocenters. The normalized spacial score (nSPS) is 16.8. The summed E-state index contributed by atoms with van der Waals surface area (Å²) < 4.78 is 10.6. The number of hydrogen-bond donors (Lipinski definition) is 1. The number of aromatic nitrogens is 2. The molecule has 1 aliphatic rings. The van der Waals surface area contributed by atoms with Crippen molar-refractivity contribution in [3.63, 3.8) is 0 Å². The minimum atomic E-state index is -0.468. The largest absolute Gasteiger partial charge is 0.497 e. The second kappa shape index (κ2) is 8.36. The Labute approximate surface area is 174 Å². The van der Waals surface area contributed by atoms with Crippen molar-refractivity contribution < 1.29 is 19.1 Å². The van der Waals surface area contributed by atoms with Gasteiger partial charge in [-0.3, -0.25) is 9.59 Å². The second-order valence-corrected chi connectivity index (χ2v) is 9.23. The van der Waals surface area contributed by atoms with Crippen molar-refractivity contribution in [1.82, 2.24) is 10.2 Å². The number of hydrogen-bond acceptors (Lipinski definition) is 7. The van der Waals surface area contributed by atoms with E-state index in [0.717, 1.165) is 11.4 Å². The van der Waals surface area contributed by atoms with Gasteiger partial charge in [0.2, 0.25) is 16.9 Å². The average Bonchev–Trinajstić information content (AvgIpc) is 3.25. The van der Waals surface area contributed by atoms with E-state index in [9.17, 15) is 9.59 Å². The first-order valence-electron chi connectivity index (χ1n) is 9.36. The lowest BCUT2D eigenvalue weighted by Crippen LogP contribution is -2.28. The summed E-state index contributed by atoms with van der Waals surface area (Å²) in [5, 5.41) is 12.3. The Kier molecular flexibility index (Phi) is 6.07. The molecule has 0 bridgehead atoms. The third-order valence-corrected chi connectivity index (χ3v) is 5.39. The highest BCUT2D eigenvalue weighted by Gasteiger charge is 2.36. The SMILES string of the molecule is COc1ccc(N2C[C@@H](C(=O)Nc3nnc(CC(C)(C)C)s3)CC2=O)c(OC)c1. The zero-order chi connectivity index (χ0) is 21.2. The van der Waals surface area contributed by atoms with Crippen LogP contribution in [0, 0.1) is 11.3 Å². The van der Waals surface area contributed by atoms with Crippen molar-refractivity contribution in [3.8, 4) is 11.5 Å². The maximum atomic E-state index is 12.7. The van der Waals surface area contributed by atoms with E-state index in [0.29, 0.717) is 22.3 Å². The summed E-state index contributed by atoms with van der Waals surface area (Å²) in [4.78, 5) is 26.8. The highest BCUT2D eigenvalue weighted by Crippen LogP contribution is 2.36. The molecule has 2 amide bonds. The van der Waals surface area contributed by atoms with E-state index in [2.05, 4.69) is 36.3 Å². The first kappa shape index (κ1) is 21.0. The molecule has 1 aliphatic heterocycles. The van der Waals surface area contributed by atoms with E-state index in [4.69, 9.17) is 9.47 Å². The molecule has 3 rings (SSSR count). The lowest BCUT2D eigenvalue weighted by molar-refractivity contribution is -0.122. The van der Waals surface area contributed by atoms with Gasteiger partial charge in [0.25, 0.3) is 0 Å². The maximum Gasteiger partial charge on any atom is 0.231 e. The molecule has 8 nitrogen and oxygen atoms in total. The first-order chi connectivity index (χ1) is 13.7. The summed E-state index contributed by atoms with van der Waals surface area (Å²) >= 11 is 1.37. The molecule has 2 aromatic rings. The number of nitrogens with one attached hydrogen (secondary N) is 1. The van der Waals surface area contributed by atoms with Gasteiger partial charge in [-0.25, -0.2) is 0 Å². The third-order valence-electron chi connectivity index (χ3n) is 4.55. The molecular formula is C20H26N4O4S. The van der Waals surface area contributed by atoms with Crippen molar-refractivity contribution in [1.29, 1.82) is 0 Å². The van der Waals surface area contributed by atoms with Gasteiger partial charge in [0.1, 0.15) is 16.5 Å². The Morgan fingerprint density at radius 1 is 1.28 bits per heavy atom. The van der Waals surface area contributed by atoms with Gasteiger partial charge in [0.05, 0.1) is 25.8 Å².